The summed E-state index contributed by atoms with van der Waals surface area (Å²) in [7, 11) is 0. The highest BCUT2D eigenvalue weighted by atomic mass is 15.3. The van der Waals surface area contributed by atoms with Gasteiger partial charge >= 0.3 is 0 Å². The number of nitrogens with zero attached hydrogens (tertiary/aromatic N) is 2. The van der Waals surface area contributed by atoms with Crippen molar-refractivity contribution in [3.63, 3.8) is 0 Å². The maximum atomic E-state index is 4.36. The van der Waals surface area contributed by atoms with Crippen LogP contribution in [0.4, 0.5) is 0 Å². The van der Waals surface area contributed by atoms with Crippen LogP contribution in [-0.2, 0) is 6.54 Å². The molecule has 0 radical (unpaired) electrons. The summed E-state index contributed by atoms with van der Waals surface area (Å²) in [6.07, 6.45) is 7.94. The first-order chi connectivity index (χ1) is 9.95. The van der Waals surface area contributed by atoms with Gasteiger partial charge in [-0.15, -0.1) is 0 Å². The molecule has 3 nitrogen and oxygen atoms in total. The minimum absolute atomic E-state index is 0.248. The van der Waals surface area contributed by atoms with Crippen LogP contribution in [0.5, 0.6) is 0 Å². The van der Waals surface area contributed by atoms with E-state index in [-0.39, 0.29) is 5.54 Å². The molecule has 2 atom stereocenters. The van der Waals surface area contributed by atoms with E-state index in [1.54, 1.807) is 0 Å². The van der Waals surface area contributed by atoms with Crippen LogP contribution in [0.1, 0.15) is 51.2 Å². The Balaban J connectivity index is 1.80. The van der Waals surface area contributed by atoms with E-state index < -0.39 is 0 Å². The molecule has 2 fully saturated rings. The lowest BCUT2D eigenvalue weighted by molar-refractivity contribution is 0.00418. The van der Waals surface area contributed by atoms with Gasteiger partial charge in [-0.3, -0.25) is 9.88 Å². The maximum Gasteiger partial charge on any atom is 0.0313 e. The Hall–Kier alpha value is -0.930. The molecule has 1 aliphatic heterocycles. The fourth-order valence-electron chi connectivity index (χ4n) is 3.66. The molecule has 3 heteroatoms. The van der Waals surface area contributed by atoms with Gasteiger partial charge in [0.25, 0.3) is 0 Å². The highest BCUT2D eigenvalue weighted by molar-refractivity contribution is 5.18. The summed E-state index contributed by atoms with van der Waals surface area (Å²) in [5.74, 6) is 0.872. The second kappa shape index (κ2) is 5.36. The summed E-state index contributed by atoms with van der Waals surface area (Å²) in [5, 5.41) is 3.87. The van der Waals surface area contributed by atoms with Gasteiger partial charge in [-0.1, -0.05) is 13.0 Å². The Morgan fingerprint density at radius 1 is 1.33 bits per heavy atom. The number of piperazine rings is 1. The number of rotatable bonds is 4. The highest BCUT2D eigenvalue weighted by Gasteiger charge is 2.48. The van der Waals surface area contributed by atoms with E-state index in [9.17, 15) is 0 Å². The van der Waals surface area contributed by atoms with Crippen molar-refractivity contribution in [2.75, 3.05) is 13.1 Å². The van der Waals surface area contributed by atoms with E-state index in [1.807, 2.05) is 12.4 Å². The molecule has 1 aromatic rings. The average Bonchev–Trinajstić information content (AvgIpc) is 3.28. The van der Waals surface area contributed by atoms with Crippen molar-refractivity contribution in [1.29, 1.82) is 0 Å². The van der Waals surface area contributed by atoms with E-state index in [0.29, 0.717) is 5.54 Å². The Morgan fingerprint density at radius 3 is 2.71 bits per heavy atom. The second-order valence-corrected chi connectivity index (χ2v) is 7.62. The first kappa shape index (κ1) is 15.0. The summed E-state index contributed by atoms with van der Waals surface area (Å²) in [4.78, 5) is 7.06. The molecule has 1 saturated carbocycles. The zero-order valence-electron chi connectivity index (χ0n) is 13.9. The van der Waals surface area contributed by atoms with Gasteiger partial charge in [0.05, 0.1) is 0 Å². The van der Waals surface area contributed by atoms with Crippen LogP contribution in [0.3, 0.4) is 0 Å². The van der Waals surface area contributed by atoms with Gasteiger partial charge < -0.3 is 5.32 Å². The van der Waals surface area contributed by atoms with Crippen molar-refractivity contribution < 1.29 is 0 Å². The zero-order valence-corrected chi connectivity index (χ0v) is 13.9. The molecule has 2 unspecified atom stereocenters. The van der Waals surface area contributed by atoms with Crippen molar-refractivity contribution in [3.8, 4) is 0 Å². The number of hydrogen-bond acceptors (Lipinski definition) is 3. The van der Waals surface area contributed by atoms with Gasteiger partial charge in [0.2, 0.25) is 0 Å². The van der Waals surface area contributed by atoms with E-state index >= 15 is 0 Å². The fourth-order valence-corrected chi connectivity index (χ4v) is 3.66. The van der Waals surface area contributed by atoms with E-state index in [1.165, 1.54) is 30.4 Å². The first-order valence-corrected chi connectivity index (χ1v) is 8.36. The Morgan fingerprint density at radius 2 is 2.10 bits per heavy atom. The summed E-state index contributed by atoms with van der Waals surface area (Å²) in [6.45, 7) is 12.5. The molecule has 1 saturated heterocycles. The molecule has 1 aromatic heterocycles. The topological polar surface area (TPSA) is 28.2 Å². The monoisotopic (exact) mass is 287 g/mol. The minimum Gasteiger partial charge on any atom is -0.308 e. The molecule has 0 aromatic carbocycles. The number of pyridine rings is 1. The third-order valence-corrected chi connectivity index (χ3v) is 5.70. The molecule has 21 heavy (non-hydrogen) atoms. The zero-order chi connectivity index (χ0) is 15.1. The van der Waals surface area contributed by atoms with Crippen LogP contribution in [0.2, 0.25) is 0 Å². The Labute approximate surface area is 129 Å². The van der Waals surface area contributed by atoms with Gasteiger partial charge in [0.1, 0.15) is 0 Å². The molecule has 0 spiro atoms. The van der Waals surface area contributed by atoms with Gasteiger partial charge in [0, 0.05) is 43.1 Å². The molecule has 2 aliphatic rings. The SMILES string of the molecule is CCC1(C)CNC(C)(C2CC2)CN1Cc1cncc(C)c1. The second-order valence-electron chi connectivity index (χ2n) is 7.62. The van der Waals surface area contributed by atoms with Gasteiger partial charge in [-0.2, -0.15) is 0 Å². The normalized spacial score (nSPS) is 34.1. The van der Waals surface area contributed by atoms with E-state index in [0.717, 1.165) is 25.6 Å². The van der Waals surface area contributed by atoms with Crippen LogP contribution < -0.4 is 5.32 Å². The maximum absolute atomic E-state index is 4.36. The van der Waals surface area contributed by atoms with Crippen molar-refractivity contribution in [2.45, 2.75) is 64.6 Å². The molecule has 1 aliphatic carbocycles. The van der Waals surface area contributed by atoms with Gasteiger partial charge in [-0.25, -0.2) is 0 Å². The summed E-state index contributed by atoms with van der Waals surface area (Å²) in [5.41, 5.74) is 3.14. The number of aryl methyl sites for hydroxylation is 1. The van der Waals surface area contributed by atoms with Crippen LogP contribution in [-0.4, -0.2) is 34.1 Å². The van der Waals surface area contributed by atoms with E-state index in [2.05, 4.69) is 49.0 Å². The third kappa shape index (κ3) is 3.00. The molecular formula is C18H29N3. The largest absolute Gasteiger partial charge is 0.308 e. The van der Waals surface area contributed by atoms with Crippen molar-refractivity contribution >= 4 is 0 Å². The fraction of sp³-hybridized carbons (Fsp3) is 0.722. The van der Waals surface area contributed by atoms with Crippen molar-refractivity contribution in [2.24, 2.45) is 5.92 Å². The van der Waals surface area contributed by atoms with Crippen molar-refractivity contribution in [1.82, 2.24) is 15.2 Å². The van der Waals surface area contributed by atoms with Crippen LogP contribution >= 0.6 is 0 Å². The lowest BCUT2D eigenvalue weighted by Crippen LogP contribution is -2.68. The molecular weight excluding hydrogens is 258 g/mol. The molecule has 116 valence electrons. The van der Waals surface area contributed by atoms with Crippen LogP contribution in [0, 0.1) is 12.8 Å². The van der Waals surface area contributed by atoms with Crippen LogP contribution in [0.15, 0.2) is 18.5 Å². The molecule has 0 amide bonds. The lowest BCUT2D eigenvalue weighted by atomic mass is 9.84. The number of aromatic nitrogens is 1. The number of nitrogens with one attached hydrogen (secondary N) is 1. The summed E-state index contributed by atoms with van der Waals surface area (Å²) in [6, 6.07) is 2.28. The van der Waals surface area contributed by atoms with E-state index in [4.69, 9.17) is 0 Å². The Bertz CT molecular complexity index is 511. The standard InChI is InChI=1S/C18H29N3/c1-5-17(3)12-20-18(4,16-6-7-16)13-21(17)11-15-8-14(2)9-19-10-15/h8-10,16,20H,5-7,11-13H2,1-4H3. The highest BCUT2D eigenvalue weighted by Crippen LogP contribution is 2.43. The molecule has 3 rings (SSSR count). The third-order valence-electron chi connectivity index (χ3n) is 5.70. The number of hydrogen-bond donors (Lipinski definition) is 1. The Kier molecular flexibility index (Phi) is 3.83. The lowest BCUT2D eigenvalue weighted by Gasteiger charge is -2.52. The van der Waals surface area contributed by atoms with Gasteiger partial charge in [-0.05, 0) is 57.1 Å². The summed E-state index contributed by atoms with van der Waals surface area (Å²) < 4.78 is 0. The minimum atomic E-state index is 0.248. The predicted octanol–water partition coefficient (Wildman–Crippen LogP) is 3.13. The average molecular weight is 287 g/mol. The van der Waals surface area contributed by atoms with Gasteiger partial charge in [0.15, 0.2) is 0 Å². The molecule has 0 bridgehead atoms. The predicted molar refractivity (Wildman–Crippen MR) is 87.2 cm³/mol. The van der Waals surface area contributed by atoms with Crippen molar-refractivity contribution in [3.05, 3.63) is 29.6 Å². The first-order valence-electron chi connectivity index (χ1n) is 8.36. The molecule has 1 N–H and O–H groups in total. The summed E-state index contributed by atoms with van der Waals surface area (Å²) >= 11 is 0. The van der Waals surface area contributed by atoms with Crippen LogP contribution in [0.25, 0.3) is 0 Å². The quantitative estimate of drug-likeness (QED) is 0.922. The smallest absolute Gasteiger partial charge is 0.0313 e. The molecule has 2 heterocycles.